The Hall–Kier alpha value is -2.16. The SMILES string of the molecule is O=C(COCC(F)(F)F)Nc1cc(C(=O)O)ccc1F. The first-order chi connectivity index (χ1) is 9.19. The molecular formula is C11H9F4NO4. The summed E-state index contributed by atoms with van der Waals surface area (Å²) in [5, 5.41) is 10.6. The lowest BCUT2D eigenvalue weighted by atomic mass is 10.2. The Balaban J connectivity index is 2.62. The maximum atomic E-state index is 13.3. The Morgan fingerprint density at radius 1 is 1.30 bits per heavy atom. The van der Waals surface area contributed by atoms with Gasteiger partial charge in [-0.05, 0) is 18.2 Å². The number of anilines is 1. The number of aromatic carboxylic acids is 1. The Bertz CT molecular complexity index is 516. The number of halogens is 4. The summed E-state index contributed by atoms with van der Waals surface area (Å²) in [6.45, 7) is -2.55. The quantitative estimate of drug-likeness (QED) is 0.815. The fraction of sp³-hybridized carbons (Fsp3) is 0.273. The fourth-order valence-corrected chi connectivity index (χ4v) is 1.20. The monoisotopic (exact) mass is 295 g/mol. The number of hydrogen-bond donors (Lipinski definition) is 2. The number of carboxylic acid groups (broad SMARTS) is 1. The molecule has 0 aliphatic heterocycles. The molecule has 0 radical (unpaired) electrons. The lowest BCUT2D eigenvalue weighted by Crippen LogP contribution is -2.24. The standard InChI is InChI=1S/C11H9F4NO4/c12-7-2-1-6(10(18)19)3-8(7)16-9(17)4-20-5-11(13,14)15/h1-3H,4-5H2,(H,16,17)(H,18,19). The van der Waals surface area contributed by atoms with Gasteiger partial charge in [-0.25, -0.2) is 9.18 Å². The summed E-state index contributed by atoms with van der Waals surface area (Å²) < 4.78 is 52.6. The van der Waals surface area contributed by atoms with E-state index in [4.69, 9.17) is 5.11 Å². The van der Waals surface area contributed by atoms with Crippen LogP contribution < -0.4 is 5.32 Å². The van der Waals surface area contributed by atoms with Crippen molar-refractivity contribution in [2.75, 3.05) is 18.5 Å². The van der Waals surface area contributed by atoms with Gasteiger partial charge in [-0.1, -0.05) is 0 Å². The summed E-state index contributed by atoms with van der Waals surface area (Å²) in [7, 11) is 0. The van der Waals surface area contributed by atoms with Gasteiger partial charge in [-0.3, -0.25) is 4.79 Å². The molecule has 9 heteroatoms. The van der Waals surface area contributed by atoms with Gasteiger partial charge < -0.3 is 15.2 Å². The third-order valence-electron chi connectivity index (χ3n) is 1.99. The molecule has 0 unspecified atom stereocenters. The lowest BCUT2D eigenvalue weighted by Gasteiger charge is -2.09. The number of nitrogens with one attached hydrogen (secondary N) is 1. The van der Waals surface area contributed by atoms with E-state index in [2.05, 4.69) is 4.74 Å². The first-order valence-corrected chi connectivity index (χ1v) is 5.16. The van der Waals surface area contributed by atoms with E-state index >= 15 is 0 Å². The average Bonchev–Trinajstić information content (AvgIpc) is 2.30. The van der Waals surface area contributed by atoms with Crippen molar-refractivity contribution in [1.82, 2.24) is 0 Å². The molecule has 0 saturated heterocycles. The Morgan fingerprint density at radius 2 is 1.95 bits per heavy atom. The van der Waals surface area contributed by atoms with E-state index in [0.717, 1.165) is 18.2 Å². The summed E-state index contributed by atoms with van der Waals surface area (Å²) in [6.07, 6.45) is -4.57. The Labute approximate surface area is 110 Å². The van der Waals surface area contributed by atoms with Gasteiger partial charge in [0.05, 0.1) is 11.3 Å². The summed E-state index contributed by atoms with van der Waals surface area (Å²) >= 11 is 0. The zero-order chi connectivity index (χ0) is 15.3. The third kappa shape index (κ3) is 5.22. The number of benzene rings is 1. The molecule has 1 amide bonds. The highest BCUT2D eigenvalue weighted by Crippen LogP contribution is 2.17. The van der Waals surface area contributed by atoms with Gasteiger partial charge in [0.2, 0.25) is 5.91 Å². The van der Waals surface area contributed by atoms with Gasteiger partial charge in [0.15, 0.2) is 0 Å². The van der Waals surface area contributed by atoms with Gasteiger partial charge in [-0.2, -0.15) is 13.2 Å². The molecule has 0 atom stereocenters. The van der Waals surface area contributed by atoms with Crippen LogP contribution in [0, 0.1) is 5.82 Å². The van der Waals surface area contributed by atoms with Crippen molar-refractivity contribution in [3.63, 3.8) is 0 Å². The molecule has 1 rings (SSSR count). The van der Waals surface area contributed by atoms with E-state index in [1.165, 1.54) is 0 Å². The molecule has 5 nitrogen and oxygen atoms in total. The average molecular weight is 295 g/mol. The van der Waals surface area contributed by atoms with Crippen LogP contribution in [0.3, 0.4) is 0 Å². The van der Waals surface area contributed by atoms with Crippen LogP contribution >= 0.6 is 0 Å². The van der Waals surface area contributed by atoms with Gasteiger partial charge in [0, 0.05) is 0 Å². The lowest BCUT2D eigenvalue weighted by molar-refractivity contribution is -0.174. The first-order valence-electron chi connectivity index (χ1n) is 5.16. The summed E-state index contributed by atoms with van der Waals surface area (Å²) in [5.41, 5.74) is -0.733. The van der Waals surface area contributed by atoms with Crippen LogP contribution in [0.1, 0.15) is 10.4 Å². The molecule has 0 fully saturated rings. The number of carbonyl (C=O) groups excluding carboxylic acids is 1. The molecule has 0 bridgehead atoms. The highest BCUT2D eigenvalue weighted by molar-refractivity contribution is 5.94. The molecule has 0 spiro atoms. The van der Waals surface area contributed by atoms with E-state index in [9.17, 15) is 27.2 Å². The van der Waals surface area contributed by atoms with Crippen molar-refractivity contribution in [2.24, 2.45) is 0 Å². The molecule has 0 heterocycles. The molecule has 0 aliphatic rings. The predicted molar refractivity (Wildman–Crippen MR) is 58.9 cm³/mol. The van der Waals surface area contributed by atoms with Crippen molar-refractivity contribution in [3.8, 4) is 0 Å². The molecule has 0 saturated carbocycles. The highest BCUT2D eigenvalue weighted by Gasteiger charge is 2.27. The van der Waals surface area contributed by atoms with E-state index in [1.54, 1.807) is 0 Å². The number of carbonyl (C=O) groups is 2. The molecule has 1 aromatic rings. The van der Waals surface area contributed by atoms with E-state index in [-0.39, 0.29) is 5.56 Å². The Kier molecular flexibility index (Phi) is 5.03. The number of carboxylic acids is 1. The normalized spacial score (nSPS) is 11.2. The third-order valence-corrected chi connectivity index (χ3v) is 1.99. The van der Waals surface area contributed by atoms with Crippen LogP contribution in [0.25, 0.3) is 0 Å². The van der Waals surface area contributed by atoms with Crippen LogP contribution in [0.2, 0.25) is 0 Å². The van der Waals surface area contributed by atoms with Crippen molar-refractivity contribution in [1.29, 1.82) is 0 Å². The van der Waals surface area contributed by atoms with E-state index in [0.29, 0.717) is 0 Å². The van der Waals surface area contributed by atoms with Crippen molar-refractivity contribution < 1.29 is 37.0 Å². The van der Waals surface area contributed by atoms with Gasteiger partial charge >= 0.3 is 12.1 Å². The molecule has 0 aliphatic carbocycles. The minimum absolute atomic E-state index is 0.280. The summed E-state index contributed by atoms with van der Waals surface area (Å²) in [4.78, 5) is 21.9. The molecule has 0 aromatic heterocycles. The number of alkyl halides is 3. The highest BCUT2D eigenvalue weighted by atomic mass is 19.4. The van der Waals surface area contributed by atoms with Gasteiger partial charge in [-0.15, -0.1) is 0 Å². The zero-order valence-electron chi connectivity index (χ0n) is 9.83. The minimum Gasteiger partial charge on any atom is -0.478 e. The minimum atomic E-state index is -4.57. The van der Waals surface area contributed by atoms with E-state index in [1.807, 2.05) is 5.32 Å². The summed E-state index contributed by atoms with van der Waals surface area (Å²) in [5.74, 6) is -3.29. The molecule has 2 N–H and O–H groups in total. The number of amides is 1. The number of hydrogen-bond acceptors (Lipinski definition) is 3. The molecule has 110 valence electrons. The van der Waals surface area contributed by atoms with Crippen LogP contribution in [0.4, 0.5) is 23.2 Å². The molecule has 1 aromatic carbocycles. The topological polar surface area (TPSA) is 75.6 Å². The van der Waals surface area contributed by atoms with Crippen LogP contribution in [-0.4, -0.2) is 36.4 Å². The van der Waals surface area contributed by atoms with Crippen LogP contribution in [-0.2, 0) is 9.53 Å². The second kappa shape index (κ2) is 6.33. The maximum Gasteiger partial charge on any atom is 0.411 e. The second-order valence-electron chi connectivity index (χ2n) is 3.66. The molecular weight excluding hydrogens is 286 g/mol. The molecule has 20 heavy (non-hydrogen) atoms. The predicted octanol–water partition coefficient (Wildman–Crippen LogP) is 2.04. The Morgan fingerprint density at radius 3 is 2.50 bits per heavy atom. The second-order valence-corrected chi connectivity index (χ2v) is 3.66. The van der Waals surface area contributed by atoms with Crippen molar-refractivity contribution in [2.45, 2.75) is 6.18 Å². The van der Waals surface area contributed by atoms with Crippen molar-refractivity contribution in [3.05, 3.63) is 29.6 Å². The van der Waals surface area contributed by atoms with Crippen LogP contribution in [0.5, 0.6) is 0 Å². The smallest absolute Gasteiger partial charge is 0.411 e. The number of ether oxygens (including phenoxy) is 1. The zero-order valence-corrected chi connectivity index (χ0v) is 9.83. The number of rotatable bonds is 5. The van der Waals surface area contributed by atoms with E-state index < -0.39 is 42.8 Å². The fourth-order valence-electron chi connectivity index (χ4n) is 1.20. The largest absolute Gasteiger partial charge is 0.478 e. The van der Waals surface area contributed by atoms with Gasteiger partial charge in [0.1, 0.15) is 19.0 Å². The van der Waals surface area contributed by atoms with Gasteiger partial charge in [0.25, 0.3) is 0 Å². The first kappa shape index (κ1) is 15.9. The van der Waals surface area contributed by atoms with Crippen molar-refractivity contribution >= 4 is 17.6 Å². The maximum absolute atomic E-state index is 13.3. The van der Waals surface area contributed by atoms with Crippen LogP contribution in [0.15, 0.2) is 18.2 Å². The summed E-state index contributed by atoms with van der Waals surface area (Å²) in [6, 6.07) is 2.64.